The summed E-state index contributed by atoms with van der Waals surface area (Å²) in [6.45, 7) is 3.83. The SMILES string of the molecule is CC(C)(Cc1ccccc1)C(=O)Nc1ccc(Cl)cc1Cl. The van der Waals surface area contributed by atoms with Crippen molar-refractivity contribution < 1.29 is 4.79 Å². The molecule has 0 aromatic heterocycles. The van der Waals surface area contributed by atoms with Crippen LogP contribution < -0.4 is 5.32 Å². The minimum absolute atomic E-state index is 0.0735. The first kappa shape index (κ1) is 15.9. The van der Waals surface area contributed by atoms with Gasteiger partial charge in [0.2, 0.25) is 5.91 Å². The third-order valence-electron chi connectivity index (χ3n) is 3.28. The van der Waals surface area contributed by atoms with E-state index in [0.29, 0.717) is 22.2 Å². The van der Waals surface area contributed by atoms with Crippen molar-refractivity contribution in [1.82, 2.24) is 0 Å². The highest BCUT2D eigenvalue weighted by molar-refractivity contribution is 6.36. The lowest BCUT2D eigenvalue weighted by atomic mass is 9.84. The largest absolute Gasteiger partial charge is 0.324 e. The molecular weight excluding hydrogens is 305 g/mol. The predicted molar refractivity (Wildman–Crippen MR) is 89.0 cm³/mol. The number of anilines is 1. The summed E-state index contributed by atoms with van der Waals surface area (Å²) in [4.78, 5) is 12.5. The van der Waals surface area contributed by atoms with Crippen LogP contribution in [0.2, 0.25) is 10.0 Å². The summed E-state index contributed by atoms with van der Waals surface area (Å²) >= 11 is 11.9. The smallest absolute Gasteiger partial charge is 0.230 e. The first-order valence-electron chi connectivity index (χ1n) is 6.69. The Morgan fingerprint density at radius 1 is 1.10 bits per heavy atom. The number of benzene rings is 2. The molecule has 4 heteroatoms. The van der Waals surface area contributed by atoms with Crippen LogP contribution in [0.4, 0.5) is 5.69 Å². The summed E-state index contributed by atoms with van der Waals surface area (Å²) in [5, 5.41) is 3.85. The highest BCUT2D eigenvalue weighted by Crippen LogP contribution is 2.29. The minimum Gasteiger partial charge on any atom is -0.324 e. The molecule has 1 N–H and O–H groups in total. The fraction of sp³-hybridized carbons (Fsp3) is 0.235. The minimum atomic E-state index is -0.537. The molecule has 0 aliphatic heterocycles. The van der Waals surface area contributed by atoms with Gasteiger partial charge < -0.3 is 5.32 Å². The van der Waals surface area contributed by atoms with Crippen molar-refractivity contribution in [1.29, 1.82) is 0 Å². The van der Waals surface area contributed by atoms with Crippen LogP contribution in [0.5, 0.6) is 0 Å². The average Bonchev–Trinajstić information content (AvgIpc) is 2.42. The molecule has 2 rings (SSSR count). The van der Waals surface area contributed by atoms with E-state index in [4.69, 9.17) is 23.2 Å². The molecule has 0 unspecified atom stereocenters. The number of hydrogen-bond acceptors (Lipinski definition) is 1. The zero-order valence-electron chi connectivity index (χ0n) is 12.0. The van der Waals surface area contributed by atoms with Crippen molar-refractivity contribution in [2.75, 3.05) is 5.32 Å². The lowest BCUT2D eigenvalue weighted by molar-refractivity contribution is -0.123. The van der Waals surface area contributed by atoms with Crippen LogP contribution >= 0.6 is 23.2 Å². The quantitative estimate of drug-likeness (QED) is 0.823. The number of carbonyl (C=O) groups is 1. The molecule has 0 saturated heterocycles. The summed E-state index contributed by atoms with van der Waals surface area (Å²) in [5.74, 6) is -0.0735. The maximum atomic E-state index is 12.5. The zero-order valence-corrected chi connectivity index (χ0v) is 13.5. The highest BCUT2D eigenvalue weighted by Gasteiger charge is 2.28. The van der Waals surface area contributed by atoms with Gasteiger partial charge >= 0.3 is 0 Å². The van der Waals surface area contributed by atoms with Crippen LogP contribution in [0.15, 0.2) is 48.5 Å². The van der Waals surface area contributed by atoms with Crippen molar-refractivity contribution in [3.63, 3.8) is 0 Å². The predicted octanol–water partition coefficient (Wildman–Crippen LogP) is 5.20. The molecule has 0 bridgehead atoms. The van der Waals surface area contributed by atoms with Crippen molar-refractivity contribution in [3.05, 3.63) is 64.1 Å². The van der Waals surface area contributed by atoms with Crippen LogP contribution in [0.3, 0.4) is 0 Å². The van der Waals surface area contributed by atoms with E-state index in [0.717, 1.165) is 5.56 Å². The fourth-order valence-corrected chi connectivity index (χ4v) is 2.52. The van der Waals surface area contributed by atoms with E-state index in [9.17, 15) is 4.79 Å². The summed E-state index contributed by atoms with van der Waals surface area (Å²) in [5.41, 5.74) is 1.16. The molecule has 0 fully saturated rings. The molecule has 0 aliphatic carbocycles. The number of amides is 1. The van der Waals surface area contributed by atoms with Gasteiger partial charge in [0, 0.05) is 10.4 Å². The third kappa shape index (κ3) is 4.23. The molecule has 1 amide bonds. The van der Waals surface area contributed by atoms with E-state index in [1.165, 1.54) is 0 Å². The Morgan fingerprint density at radius 3 is 2.38 bits per heavy atom. The van der Waals surface area contributed by atoms with E-state index >= 15 is 0 Å². The summed E-state index contributed by atoms with van der Waals surface area (Å²) in [6, 6.07) is 15.0. The highest BCUT2D eigenvalue weighted by atomic mass is 35.5. The summed E-state index contributed by atoms with van der Waals surface area (Å²) in [6.07, 6.45) is 0.658. The Hall–Kier alpha value is -1.51. The van der Waals surface area contributed by atoms with Gasteiger partial charge in [-0.1, -0.05) is 67.4 Å². The molecular formula is C17H17Cl2NO. The van der Waals surface area contributed by atoms with Gasteiger partial charge in [-0.05, 0) is 30.2 Å². The molecule has 2 aromatic rings. The van der Waals surface area contributed by atoms with E-state index in [2.05, 4.69) is 5.32 Å². The van der Waals surface area contributed by atoms with Gasteiger partial charge in [0.15, 0.2) is 0 Å². The first-order valence-corrected chi connectivity index (χ1v) is 7.44. The normalized spacial score (nSPS) is 11.2. The number of rotatable bonds is 4. The zero-order chi connectivity index (χ0) is 15.5. The van der Waals surface area contributed by atoms with Crippen LogP contribution in [0.1, 0.15) is 19.4 Å². The standard InChI is InChI=1S/C17H17Cl2NO/c1-17(2,11-12-6-4-3-5-7-12)16(21)20-15-9-8-13(18)10-14(15)19/h3-10H,11H2,1-2H3,(H,20,21). The van der Waals surface area contributed by atoms with E-state index < -0.39 is 5.41 Å². The van der Waals surface area contributed by atoms with Gasteiger partial charge in [-0.3, -0.25) is 4.79 Å². The Balaban J connectivity index is 2.11. The number of nitrogens with one attached hydrogen (secondary N) is 1. The topological polar surface area (TPSA) is 29.1 Å². The van der Waals surface area contributed by atoms with Crippen LogP contribution in [-0.4, -0.2) is 5.91 Å². The number of carbonyl (C=O) groups excluding carboxylic acids is 1. The second-order valence-corrected chi connectivity index (χ2v) is 6.47. The molecule has 0 spiro atoms. The van der Waals surface area contributed by atoms with E-state index in [-0.39, 0.29) is 5.91 Å². The van der Waals surface area contributed by atoms with Crippen LogP contribution in [0.25, 0.3) is 0 Å². The van der Waals surface area contributed by atoms with Crippen molar-refractivity contribution >= 4 is 34.8 Å². The summed E-state index contributed by atoms with van der Waals surface area (Å²) < 4.78 is 0. The van der Waals surface area contributed by atoms with E-state index in [1.54, 1.807) is 18.2 Å². The van der Waals surface area contributed by atoms with Gasteiger partial charge in [0.1, 0.15) is 0 Å². The molecule has 110 valence electrons. The molecule has 2 aromatic carbocycles. The molecule has 21 heavy (non-hydrogen) atoms. The molecule has 2 nitrogen and oxygen atoms in total. The molecule has 0 radical (unpaired) electrons. The van der Waals surface area contributed by atoms with Crippen molar-refractivity contribution in [3.8, 4) is 0 Å². The van der Waals surface area contributed by atoms with E-state index in [1.807, 2.05) is 44.2 Å². The molecule has 0 heterocycles. The van der Waals surface area contributed by atoms with Gasteiger partial charge in [-0.25, -0.2) is 0 Å². The monoisotopic (exact) mass is 321 g/mol. The Morgan fingerprint density at radius 2 is 1.76 bits per heavy atom. The number of halogens is 2. The number of hydrogen-bond donors (Lipinski definition) is 1. The first-order chi connectivity index (χ1) is 9.88. The Kier molecular flexibility index (Phi) is 4.92. The Bertz CT molecular complexity index is 638. The lowest BCUT2D eigenvalue weighted by Gasteiger charge is -2.24. The van der Waals surface area contributed by atoms with Gasteiger partial charge in [0.05, 0.1) is 10.7 Å². The van der Waals surface area contributed by atoms with Crippen LogP contribution in [-0.2, 0) is 11.2 Å². The van der Waals surface area contributed by atoms with Gasteiger partial charge in [0.25, 0.3) is 0 Å². The molecule has 0 saturated carbocycles. The second-order valence-electron chi connectivity index (χ2n) is 5.62. The summed E-state index contributed by atoms with van der Waals surface area (Å²) in [7, 11) is 0. The average molecular weight is 322 g/mol. The maximum absolute atomic E-state index is 12.5. The fourth-order valence-electron chi connectivity index (χ4n) is 2.07. The maximum Gasteiger partial charge on any atom is 0.230 e. The van der Waals surface area contributed by atoms with Gasteiger partial charge in [-0.15, -0.1) is 0 Å². The van der Waals surface area contributed by atoms with Crippen molar-refractivity contribution in [2.24, 2.45) is 5.41 Å². The third-order valence-corrected chi connectivity index (χ3v) is 3.83. The Labute approximate surface area is 135 Å². The van der Waals surface area contributed by atoms with Crippen LogP contribution in [0, 0.1) is 5.41 Å². The van der Waals surface area contributed by atoms with Crippen molar-refractivity contribution in [2.45, 2.75) is 20.3 Å². The second kappa shape index (κ2) is 6.50. The lowest BCUT2D eigenvalue weighted by Crippen LogP contribution is -2.32. The van der Waals surface area contributed by atoms with Gasteiger partial charge in [-0.2, -0.15) is 0 Å². The molecule has 0 aliphatic rings. The molecule has 0 atom stereocenters.